The zero-order valence-corrected chi connectivity index (χ0v) is 85.1. The molecule has 0 heterocycles. The van der Waals surface area contributed by atoms with Crippen molar-refractivity contribution in [2.45, 2.75) is 447 Å². The average Bonchev–Trinajstić information content (AvgIpc) is 1.51. The van der Waals surface area contributed by atoms with Crippen LogP contribution in [-0.4, -0.2) is 79.5 Å². The highest BCUT2D eigenvalue weighted by atomic mass is 16.2. The summed E-state index contributed by atoms with van der Waals surface area (Å²) in [6.07, 6.45) is 42.4. The van der Waals surface area contributed by atoms with Crippen LogP contribution in [0.1, 0.15) is 434 Å². The SMILES string of the molecule is CC.CC.CC.CC.CC.CC.CC.CC(C)C(=O)CC1CC2CCC1(C)C2(C)C.CC(C)C(=O)NC(C)C1CC2CCC1CC2.CC(C)C(=O)NC1CC2CCC1C2.CC(C)C(=O)NCC1CC12CCCCC2.CC(C)C(=O)NCC1CC2CCC1C2.CC(C)C(=O)NCC1CC2CCC1CC2.CC(C)C(=O)NCC1CCC2CC1C2(C)C. The highest BCUT2D eigenvalue weighted by molar-refractivity contribution is 5.81. The predicted molar refractivity (Wildman–Crippen MR) is 510 cm³/mol. The fraction of sp³-hybridized carbons (Fsp3) is 0.934. The Labute approximate surface area is 738 Å². The van der Waals surface area contributed by atoms with Crippen molar-refractivity contribution in [2.24, 2.45) is 164 Å². The van der Waals surface area contributed by atoms with E-state index in [1.165, 1.54) is 193 Å². The van der Waals surface area contributed by atoms with Crippen molar-refractivity contribution >= 4 is 41.2 Å². The Hall–Kier alpha value is -3.51. The van der Waals surface area contributed by atoms with E-state index in [1.54, 1.807) is 0 Å². The molecule has 0 aliphatic heterocycles. The van der Waals surface area contributed by atoms with Gasteiger partial charge in [-0.2, -0.15) is 0 Å². The minimum absolute atomic E-state index is 0.114. The second-order valence-corrected chi connectivity index (χ2v) is 41.5. The third-order valence-electron chi connectivity index (χ3n) is 31.8. The summed E-state index contributed by atoms with van der Waals surface area (Å²) in [5.74, 6) is 17.2. The molecule has 17 fully saturated rings. The van der Waals surface area contributed by atoms with E-state index < -0.39 is 0 Å². The summed E-state index contributed by atoms with van der Waals surface area (Å²) < 4.78 is 0. The fourth-order valence-corrected chi connectivity index (χ4v) is 23.4. The number of nitrogens with one attached hydrogen (secondary N) is 6. The van der Waals surface area contributed by atoms with Gasteiger partial charge in [-0.1, -0.05) is 286 Å². The van der Waals surface area contributed by atoms with E-state index in [0.717, 1.165) is 127 Å². The highest BCUT2D eigenvalue weighted by Crippen LogP contribution is 2.69. The molecular weight excluding hydrogens is 1470 g/mol. The Bertz CT molecular complexity index is 2780. The first kappa shape index (κ1) is 113. The number of carbonyl (C=O) groups excluding carboxylic acids is 7. The number of fused-ring (bicyclic) bond motifs is 14. The van der Waals surface area contributed by atoms with E-state index in [-0.39, 0.29) is 76.9 Å². The van der Waals surface area contributed by atoms with Gasteiger partial charge in [-0.3, -0.25) is 33.6 Å². The number of amides is 6. The maximum Gasteiger partial charge on any atom is 0.222 e. The third kappa shape index (κ3) is 34.3. The fourth-order valence-electron chi connectivity index (χ4n) is 23.4. The predicted octanol–water partition coefficient (Wildman–Crippen LogP) is 26.5. The van der Waals surface area contributed by atoms with Crippen molar-refractivity contribution in [3.8, 4) is 0 Å². The first-order valence-electron chi connectivity index (χ1n) is 51.7. The number of hydrogen-bond acceptors (Lipinski definition) is 7. The summed E-state index contributed by atoms with van der Waals surface area (Å²) in [6, 6.07) is 0.886. The number of carbonyl (C=O) groups is 7. The van der Waals surface area contributed by atoms with Gasteiger partial charge in [0.15, 0.2) is 0 Å². The van der Waals surface area contributed by atoms with Gasteiger partial charge in [0.2, 0.25) is 35.4 Å². The van der Waals surface area contributed by atoms with Crippen LogP contribution in [0.4, 0.5) is 0 Å². The first-order chi connectivity index (χ1) is 56.4. The molecule has 0 aromatic heterocycles. The summed E-state index contributed by atoms with van der Waals surface area (Å²) in [5, 5.41) is 18.7. The monoisotopic (exact) mass is 1670 g/mol. The third-order valence-corrected chi connectivity index (χ3v) is 31.8. The molecule has 6 N–H and O–H groups in total. The molecule has 119 heavy (non-hydrogen) atoms. The van der Waals surface area contributed by atoms with Crippen LogP contribution in [0.3, 0.4) is 0 Å². The van der Waals surface area contributed by atoms with Gasteiger partial charge in [0.25, 0.3) is 0 Å². The molecule has 0 saturated heterocycles. The maximum atomic E-state index is 11.9. The van der Waals surface area contributed by atoms with Gasteiger partial charge in [-0.05, 0) is 264 Å². The smallest absolute Gasteiger partial charge is 0.222 e. The molecule has 6 amide bonds. The van der Waals surface area contributed by atoms with E-state index in [0.29, 0.717) is 45.4 Å². The molecule has 16 atom stereocenters. The lowest BCUT2D eigenvalue weighted by atomic mass is 9.45. The molecule has 16 unspecified atom stereocenters. The molecule has 0 radical (unpaired) electrons. The van der Waals surface area contributed by atoms with Crippen LogP contribution in [0.15, 0.2) is 0 Å². The minimum atomic E-state index is 0.114. The molecule has 13 heteroatoms. The molecule has 17 rings (SSSR count). The Morgan fingerprint density at radius 3 is 1.08 bits per heavy atom. The van der Waals surface area contributed by atoms with Gasteiger partial charge < -0.3 is 31.9 Å². The molecule has 17 saturated carbocycles. The van der Waals surface area contributed by atoms with E-state index >= 15 is 0 Å². The summed E-state index contributed by atoms with van der Waals surface area (Å²) in [6.45, 7) is 73.5. The van der Waals surface area contributed by atoms with Crippen LogP contribution in [-0.2, 0) is 33.6 Å². The number of Topliss-reactive ketones (excluding diaryl/α,β-unsaturated/α-hetero) is 1. The molecule has 17 aliphatic carbocycles. The second kappa shape index (κ2) is 57.3. The molecule has 0 aromatic rings. The standard InChI is InChI=1S/C15H26O.2C14H25NO.2C13H23NO.C12H21NO.C11H19NO.7C2H6/c1-10(2)13(16)9-12-8-11-6-7-15(12,5)14(11,3)4;1-9(2)13(16)15-8-10-5-6-11-7-12(10)14(11,3)4;1-9(2)14(16)15-10(3)13-8-11-4-6-12(13)7-5-11;1-9(2)13(15)14-8-12-7-10-3-5-11(12)6-4-10;1-10(2)12(15)14-9-11-8-13(11)6-4-3-5-7-13;1-8(2)12(14)13-7-11-6-9-3-4-10(11)5-9;1-7(2)11(13)12-10-6-8-3-4-9(10)5-8;7*1-2/h10-12H,6-9H2,1-5H3;9-12H,5-8H2,1-4H3,(H,15,16);9-13H,4-8H2,1-3H3,(H,15,16);9-12H,3-8H2,1-2H3,(H,14,15);10-11H,3-9H2,1-2H3,(H,14,15);8-11H,3-7H2,1-2H3,(H,13,14);7-10H,3-6H2,1-2H3,(H,12,13);7*1-2H3. The van der Waals surface area contributed by atoms with Gasteiger partial charge >= 0.3 is 0 Å². The lowest BCUT2D eigenvalue weighted by molar-refractivity contribution is -0.127. The van der Waals surface area contributed by atoms with E-state index in [1.807, 2.05) is 194 Å². The summed E-state index contributed by atoms with van der Waals surface area (Å²) in [4.78, 5) is 80.9. The molecule has 700 valence electrons. The number of ketones is 1. The normalized spacial score (nSPS) is 31.4. The number of hydrogen-bond donors (Lipinski definition) is 6. The second-order valence-electron chi connectivity index (χ2n) is 41.5. The van der Waals surface area contributed by atoms with E-state index in [4.69, 9.17) is 0 Å². The van der Waals surface area contributed by atoms with Gasteiger partial charge in [0.05, 0.1) is 0 Å². The minimum Gasteiger partial charge on any atom is -0.356 e. The van der Waals surface area contributed by atoms with Crippen molar-refractivity contribution in [3.05, 3.63) is 0 Å². The Balaban J connectivity index is 0.000000677. The highest BCUT2D eigenvalue weighted by Gasteiger charge is 2.61. The average molecular weight is 1670 g/mol. The number of rotatable bonds is 20. The summed E-state index contributed by atoms with van der Waals surface area (Å²) in [5.41, 5.74) is 2.06. The van der Waals surface area contributed by atoms with Crippen LogP contribution in [0, 0.1) is 164 Å². The maximum absolute atomic E-state index is 11.9. The van der Waals surface area contributed by atoms with Crippen LogP contribution < -0.4 is 31.9 Å². The van der Waals surface area contributed by atoms with Gasteiger partial charge in [-0.15, -0.1) is 0 Å². The lowest BCUT2D eigenvalue weighted by Crippen LogP contribution is -2.54. The van der Waals surface area contributed by atoms with Crippen molar-refractivity contribution in [2.75, 3.05) is 26.2 Å². The molecule has 13 nitrogen and oxygen atoms in total. The van der Waals surface area contributed by atoms with E-state index in [9.17, 15) is 33.6 Å². The van der Waals surface area contributed by atoms with Gasteiger partial charge in [0, 0.05) is 86.1 Å². The lowest BCUT2D eigenvalue weighted by Gasteiger charge is -2.60. The molecule has 1 spiro atoms. The molecular formula is C106H204N6O7. The van der Waals surface area contributed by atoms with Crippen LogP contribution in [0.25, 0.3) is 0 Å². The summed E-state index contributed by atoms with van der Waals surface area (Å²) in [7, 11) is 0. The van der Waals surface area contributed by atoms with Crippen molar-refractivity contribution < 1.29 is 33.6 Å². The molecule has 0 aromatic carbocycles. The van der Waals surface area contributed by atoms with Crippen molar-refractivity contribution in [1.82, 2.24) is 31.9 Å². The zero-order valence-electron chi connectivity index (χ0n) is 85.1. The molecule has 17 aliphatic rings. The largest absolute Gasteiger partial charge is 0.356 e. The Morgan fingerprint density at radius 2 is 0.731 bits per heavy atom. The van der Waals surface area contributed by atoms with Crippen molar-refractivity contribution in [1.29, 1.82) is 0 Å². The summed E-state index contributed by atoms with van der Waals surface area (Å²) >= 11 is 0. The topological polar surface area (TPSA) is 192 Å². The van der Waals surface area contributed by atoms with Gasteiger partial charge in [-0.25, -0.2) is 0 Å². The van der Waals surface area contributed by atoms with Crippen LogP contribution >= 0.6 is 0 Å². The van der Waals surface area contributed by atoms with Crippen molar-refractivity contribution in [3.63, 3.8) is 0 Å². The van der Waals surface area contributed by atoms with Crippen LogP contribution in [0.5, 0.6) is 0 Å². The van der Waals surface area contributed by atoms with Crippen LogP contribution in [0.2, 0.25) is 0 Å². The Morgan fingerprint density at radius 1 is 0.328 bits per heavy atom. The first-order valence-corrected chi connectivity index (χ1v) is 51.7. The Kier molecular flexibility index (Phi) is 54.6. The van der Waals surface area contributed by atoms with E-state index in [2.05, 4.69) is 73.4 Å². The zero-order chi connectivity index (χ0) is 91.0. The molecule has 12 bridgehead atoms. The van der Waals surface area contributed by atoms with Gasteiger partial charge in [0.1, 0.15) is 5.78 Å². The quantitative estimate of drug-likeness (QED) is 0.0698.